The highest BCUT2D eigenvalue weighted by atomic mass is 35.5. The van der Waals surface area contributed by atoms with Gasteiger partial charge in [-0.05, 0) is 24.6 Å². The minimum absolute atomic E-state index is 0.0675. The molecule has 31 heavy (non-hydrogen) atoms. The lowest BCUT2D eigenvalue weighted by Crippen LogP contribution is -2.44. The summed E-state index contributed by atoms with van der Waals surface area (Å²) in [4.78, 5) is 22.3. The molecule has 0 amide bonds. The molecule has 5 rings (SSSR count). The fourth-order valence-corrected chi connectivity index (χ4v) is 4.21. The van der Waals surface area contributed by atoms with Gasteiger partial charge in [0.25, 0.3) is 0 Å². The van der Waals surface area contributed by atoms with Crippen LogP contribution in [0.4, 0.5) is 11.8 Å². The number of rotatable bonds is 4. The maximum absolute atomic E-state index is 9.53. The van der Waals surface area contributed by atoms with Crippen LogP contribution in [0.2, 0.25) is 5.02 Å². The van der Waals surface area contributed by atoms with Gasteiger partial charge in [-0.3, -0.25) is 0 Å². The molecule has 2 saturated heterocycles. The second-order valence-electron chi connectivity index (χ2n) is 7.82. The first-order valence-corrected chi connectivity index (χ1v) is 10.9. The molecule has 2 fully saturated rings. The Bertz CT molecular complexity index is 1080. The van der Waals surface area contributed by atoms with Gasteiger partial charge in [-0.1, -0.05) is 17.7 Å². The molecule has 164 valence electrons. The van der Waals surface area contributed by atoms with Gasteiger partial charge in [0.05, 0.1) is 44.1 Å². The molecule has 2 aliphatic rings. The molecule has 4 heterocycles. The Labute approximate surface area is 185 Å². The van der Waals surface area contributed by atoms with Crippen molar-refractivity contribution in [3.05, 3.63) is 28.8 Å². The van der Waals surface area contributed by atoms with E-state index in [1.165, 1.54) is 0 Å². The summed E-state index contributed by atoms with van der Waals surface area (Å²) < 4.78 is 11.1. The van der Waals surface area contributed by atoms with Crippen LogP contribution in [0.3, 0.4) is 0 Å². The lowest BCUT2D eigenvalue weighted by atomic mass is 10.1. The number of benzene rings is 1. The minimum Gasteiger partial charge on any atom is -0.392 e. The van der Waals surface area contributed by atoms with E-state index in [0.29, 0.717) is 54.4 Å². The lowest BCUT2D eigenvalue weighted by Gasteiger charge is -2.35. The van der Waals surface area contributed by atoms with E-state index < -0.39 is 0 Å². The van der Waals surface area contributed by atoms with Crippen molar-refractivity contribution in [3.63, 3.8) is 0 Å². The van der Waals surface area contributed by atoms with Crippen LogP contribution in [0.15, 0.2) is 18.2 Å². The number of nitrogens with zero attached hydrogens (tertiary/aromatic N) is 5. The van der Waals surface area contributed by atoms with Crippen molar-refractivity contribution < 1.29 is 14.6 Å². The summed E-state index contributed by atoms with van der Waals surface area (Å²) in [5, 5.41) is 10.1. The Balaban J connectivity index is 1.65. The molecular formula is C21H25ClN6O3. The molecule has 0 aliphatic carbocycles. The van der Waals surface area contributed by atoms with Crippen LogP contribution in [-0.2, 0) is 16.1 Å². The van der Waals surface area contributed by atoms with Crippen LogP contribution in [0.25, 0.3) is 22.6 Å². The smallest absolute Gasteiger partial charge is 0.229 e. The summed E-state index contributed by atoms with van der Waals surface area (Å²) in [5.74, 6) is 2.06. The van der Waals surface area contributed by atoms with Gasteiger partial charge >= 0.3 is 0 Å². The third-order valence-electron chi connectivity index (χ3n) is 5.72. The topological polar surface area (TPSA) is 99.6 Å². The van der Waals surface area contributed by atoms with Crippen molar-refractivity contribution in [1.29, 1.82) is 0 Å². The number of aromatic amines is 1. The van der Waals surface area contributed by atoms with Gasteiger partial charge < -0.3 is 29.4 Å². The van der Waals surface area contributed by atoms with E-state index in [1.54, 1.807) is 12.1 Å². The SMILES string of the molecule is C[C@H]1COCCN1c1nc(N2CCOCC2)nc2[nH]c(-c3cc(CO)ccc3Cl)nc12. The molecule has 0 spiro atoms. The second kappa shape index (κ2) is 8.58. The average molecular weight is 445 g/mol. The van der Waals surface area contributed by atoms with E-state index >= 15 is 0 Å². The number of aromatic nitrogens is 4. The van der Waals surface area contributed by atoms with Gasteiger partial charge in [0.15, 0.2) is 17.0 Å². The van der Waals surface area contributed by atoms with E-state index in [1.807, 2.05) is 6.07 Å². The fraction of sp³-hybridized carbons (Fsp3) is 0.476. The molecule has 2 aromatic heterocycles. The highest BCUT2D eigenvalue weighted by Crippen LogP contribution is 2.33. The fourth-order valence-electron chi connectivity index (χ4n) is 4.00. The van der Waals surface area contributed by atoms with Crippen LogP contribution in [0.5, 0.6) is 0 Å². The summed E-state index contributed by atoms with van der Waals surface area (Å²) in [7, 11) is 0. The molecule has 0 bridgehead atoms. The molecule has 1 atom stereocenters. The molecule has 2 N–H and O–H groups in total. The maximum atomic E-state index is 9.53. The molecule has 9 nitrogen and oxygen atoms in total. The highest BCUT2D eigenvalue weighted by Gasteiger charge is 2.27. The molecule has 1 aromatic carbocycles. The van der Waals surface area contributed by atoms with Gasteiger partial charge in [-0.2, -0.15) is 9.97 Å². The van der Waals surface area contributed by atoms with Gasteiger partial charge in [-0.25, -0.2) is 4.98 Å². The monoisotopic (exact) mass is 444 g/mol. The molecule has 3 aromatic rings. The summed E-state index contributed by atoms with van der Waals surface area (Å²) in [6.07, 6.45) is 0. The van der Waals surface area contributed by atoms with Crippen molar-refractivity contribution in [2.24, 2.45) is 0 Å². The molecule has 10 heteroatoms. The third kappa shape index (κ3) is 3.94. The van der Waals surface area contributed by atoms with Gasteiger partial charge in [-0.15, -0.1) is 0 Å². The Kier molecular flexibility index (Phi) is 5.66. The van der Waals surface area contributed by atoms with Crippen molar-refractivity contribution in [2.45, 2.75) is 19.6 Å². The summed E-state index contributed by atoms with van der Waals surface area (Å²) >= 11 is 6.45. The van der Waals surface area contributed by atoms with Crippen LogP contribution in [0.1, 0.15) is 12.5 Å². The number of imidazole rings is 1. The lowest BCUT2D eigenvalue weighted by molar-refractivity contribution is 0.0986. The summed E-state index contributed by atoms with van der Waals surface area (Å²) in [6, 6.07) is 5.58. The Hall–Kier alpha value is -2.46. The van der Waals surface area contributed by atoms with E-state index in [0.717, 1.165) is 36.6 Å². The van der Waals surface area contributed by atoms with Crippen molar-refractivity contribution >= 4 is 34.5 Å². The average Bonchev–Trinajstić information content (AvgIpc) is 3.24. The normalized spacial score (nSPS) is 19.9. The molecular weight excluding hydrogens is 420 g/mol. The number of aliphatic hydroxyl groups is 1. The summed E-state index contributed by atoms with van der Waals surface area (Å²) in [5.41, 5.74) is 2.85. The number of morpholine rings is 2. The number of hydrogen-bond acceptors (Lipinski definition) is 8. The number of aliphatic hydroxyl groups excluding tert-OH is 1. The first-order chi connectivity index (χ1) is 15.1. The van der Waals surface area contributed by atoms with Gasteiger partial charge in [0.1, 0.15) is 5.82 Å². The van der Waals surface area contributed by atoms with Crippen LogP contribution >= 0.6 is 11.6 Å². The van der Waals surface area contributed by atoms with Gasteiger partial charge in [0.2, 0.25) is 5.95 Å². The van der Waals surface area contributed by atoms with Crippen LogP contribution < -0.4 is 9.80 Å². The Morgan fingerprint density at radius 1 is 1.13 bits per heavy atom. The Morgan fingerprint density at radius 2 is 1.94 bits per heavy atom. The van der Waals surface area contributed by atoms with E-state index in [2.05, 4.69) is 21.7 Å². The van der Waals surface area contributed by atoms with Gasteiger partial charge in [0, 0.05) is 25.2 Å². The highest BCUT2D eigenvalue weighted by molar-refractivity contribution is 6.33. The zero-order valence-electron chi connectivity index (χ0n) is 17.3. The predicted molar refractivity (Wildman–Crippen MR) is 119 cm³/mol. The molecule has 2 aliphatic heterocycles. The molecule has 0 saturated carbocycles. The first kappa shape index (κ1) is 20.4. The van der Waals surface area contributed by atoms with Crippen LogP contribution in [-0.4, -0.2) is 77.1 Å². The zero-order valence-corrected chi connectivity index (χ0v) is 18.1. The number of nitrogens with one attached hydrogen (secondary N) is 1. The predicted octanol–water partition coefficient (Wildman–Crippen LogP) is 2.23. The van der Waals surface area contributed by atoms with Crippen molar-refractivity contribution in [2.75, 3.05) is 55.9 Å². The van der Waals surface area contributed by atoms with E-state index in [-0.39, 0.29) is 12.6 Å². The summed E-state index contributed by atoms with van der Waals surface area (Å²) in [6.45, 7) is 6.87. The van der Waals surface area contributed by atoms with Crippen molar-refractivity contribution in [3.8, 4) is 11.4 Å². The van der Waals surface area contributed by atoms with Crippen LogP contribution in [0, 0.1) is 0 Å². The number of H-pyrrole nitrogens is 1. The minimum atomic E-state index is -0.0675. The number of fused-ring (bicyclic) bond motifs is 1. The maximum Gasteiger partial charge on any atom is 0.229 e. The van der Waals surface area contributed by atoms with E-state index in [9.17, 15) is 5.11 Å². The molecule has 0 unspecified atom stereocenters. The third-order valence-corrected chi connectivity index (χ3v) is 6.05. The number of anilines is 2. The number of hydrogen-bond donors (Lipinski definition) is 2. The van der Waals surface area contributed by atoms with Crippen molar-refractivity contribution in [1.82, 2.24) is 19.9 Å². The Morgan fingerprint density at radius 3 is 2.71 bits per heavy atom. The number of ether oxygens (including phenoxy) is 2. The number of halogens is 1. The largest absolute Gasteiger partial charge is 0.392 e. The van der Waals surface area contributed by atoms with E-state index in [4.69, 9.17) is 36.0 Å². The first-order valence-electron chi connectivity index (χ1n) is 10.5. The molecule has 0 radical (unpaired) electrons. The second-order valence-corrected chi connectivity index (χ2v) is 8.23. The zero-order chi connectivity index (χ0) is 21.4. The standard InChI is InChI=1S/C21H25ClN6O3/c1-13-12-31-9-6-28(13)20-17-19(25-21(26-20)27-4-7-30-8-5-27)24-18(23-17)15-10-14(11-29)2-3-16(15)22/h2-3,10,13,29H,4-9,11-12H2,1H3,(H,23,24,25,26)/t13-/m0/s1. The quantitative estimate of drug-likeness (QED) is 0.632.